The van der Waals surface area contributed by atoms with Gasteiger partial charge in [0.2, 0.25) is 5.91 Å². The minimum atomic E-state index is -0.247. The first-order valence-corrected chi connectivity index (χ1v) is 7.47. The van der Waals surface area contributed by atoms with E-state index in [9.17, 15) is 9.18 Å². The average molecular weight is 319 g/mol. The number of hydrogen-bond donors (Lipinski definition) is 2. The maximum absolute atomic E-state index is 13.4. The maximum Gasteiger partial charge on any atom is 0.224 e. The van der Waals surface area contributed by atoms with E-state index in [1.165, 1.54) is 12.1 Å². The van der Waals surface area contributed by atoms with Crippen molar-refractivity contribution in [3.8, 4) is 0 Å². The molecule has 2 unspecified atom stereocenters. The summed E-state index contributed by atoms with van der Waals surface area (Å²) in [4.78, 5) is 13.1. The van der Waals surface area contributed by atoms with E-state index in [1.807, 2.05) is 14.0 Å². The number of benzene rings is 1. The zero-order valence-corrected chi connectivity index (χ0v) is 13.2. The molecule has 6 heteroatoms. The topological polar surface area (TPSA) is 41.1 Å². The zero-order valence-electron chi connectivity index (χ0n) is 11.6. The summed E-state index contributed by atoms with van der Waals surface area (Å²) in [6, 6.07) is 4.73. The van der Waals surface area contributed by atoms with Gasteiger partial charge in [0.1, 0.15) is 5.82 Å². The van der Waals surface area contributed by atoms with E-state index in [-0.39, 0.29) is 36.1 Å². The zero-order chi connectivity index (χ0) is 13.8. The highest BCUT2D eigenvalue weighted by Crippen LogP contribution is 2.36. The van der Waals surface area contributed by atoms with Crippen molar-refractivity contribution >= 4 is 30.1 Å². The molecule has 0 saturated heterocycles. The molecule has 0 spiro atoms. The number of halogens is 2. The van der Waals surface area contributed by atoms with Gasteiger partial charge in [-0.25, -0.2) is 4.39 Å². The van der Waals surface area contributed by atoms with Gasteiger partial charge in [-0.2, -0.15) is 0 Å². The SMILES string of the molecule is CNCC(C)C(=O)NC1CCSc2ccc(F)cc21.Cl. The van der Waals surface area contributed by atoms with E-state index in [4.69, 9.17) is 0 Å². The third-order valence-electron chi connectivity index (χ3n) is 3.29. The number of thioether (sulfide) groups is 1. The minimum Gasteiger partial charge on any atom is -0.349 e. The number of fused-ring (bicyclic) bond motifs is 1. The highest BCUT2D eigenvalue weighted by atomic mass is 35.5. The van der Waals surface area contributed by atoms with Gasteiger partial charge in [0.15, 0.2) is 0 Å². The smallest absolute Gasteiger partial charge is 0.224 e. The molecule has 2 N–H and O–H groups in total. The van der Waals surface area contributed by atoms with Crippen LogP contribution in [0.15, 0.2) is 23.1 Å². The number of carbonyl (C=O) groups is 1. The largest absolute Gasteiger partial charge is 0.349 e. The number of rotatable bonds is 4. The summed E-state index contributed by atoms with van der Waals surface area (Å²) in [7, 11) is 1.83. The van der Waals surface area contributed by atoms with Crippen LogP contribution in [0.2, 0.25) is 0 Å². The van der Waals surface area contributed by atoms with Crippen LogP contribution in [0.1, 0.15) is 24.9 Å². The molecule has 3 nitrogen and oxygen atoms in total. The summed E-state index contributed by atoms with van der Waals surface area (Å²) in [6.07, 6.45) is 0.846. The molecule has 20 heavy (non-hydrogen) atoms. The van der Waals surface area contributed by atoms with E-state index in [0.717, 1.165) is 22.6 Å². The van der Waals surface area contributed by atoms with Crippen molar-refractivity contribution in [1.82, 2.24) is 10.6 Å². The predicted octanol–water partition coefficient (Wildman–Crippen LogP) is 2.76. The normalized spacial score (nSPS) is 18.6. The van der Waals surface area contributed by atoms with Gasteiger partial charge in [-0.3, -0.25) is 4.79 Å². The first-order chi connectivity index (χ1) is 9.11. The first kappa shape index (κ1) is 17.3. The molecule has 2 atom stereocenters. The molecule has 112 valence electrons. The molecule has 0 bridgehead atoms. The third-order valence-corrected chi connectivity index (χ3v) is 4.41. The average Bonchev–Trinajstić information content (AvgIpc) is 2.39. The van der Waals surface area contributed by atoms with E-state index in [2.05, 4.69) is 10.6 Å². The molecular formula is C14H20ClFN2OS. The number of hydrogen-bond acceptors (Lipinski definition) is 3. The van der Waals surface area contributed by atoms with Gasteiger partial charge in [0.05, 0.1) is 6.04 Å². The lowest BCUT2D eigenvalue weighted by molar-refractivity contribution is -0.125. The van der Waals surface area contributed by atoms with Gasteiger partial charge in [0, 0.05) is 23.1 Å². The summed E-state index contributed by atoms with van der Waals surface area (Å²) in [5.74, 6) is 0.631. The molecule has 0 saturated carbocycles. The summed E-state index contributed by atoms with van der Waals surface area (Å²) < 4.78 is 13.4. The van der Waals surface area contributed by atoms with Crippen LogP contribution in [0.4, 0.5) is 4.39 Å². The quantitative estimate of drug-likeness (QED) is 0.897. The van der Waals surface area contributed by atoms with Crippen LogP contribution in [-0.2, 0) is 4.79 Å². The second kappa shape index (κ2) is 7.86. The molecular weight excluding hydrogens is 299 g/mol. The second-order valence-corrected chi connectivity index (χ2v) is 5.98. The molecule has 1 aromatic rings. The van der Waals surface area contributed by atoms with Crippen molar-refractivity contribution in [3.05, 3.63) is 29.6 Å². The predicted molar refractivity (Wildman–Crippen MR) is 83.0 cm³/mol. The highest BCUT2D eigenvalue weighted by molar-refractivity contribution is 7.99. The van der Waals surface area contributed by atoms with Gasteiger partial charge in [0.25, 0.3) is 0 Å². The molecule has 1 amide bonds. The summed E-state index contributed by atoms with van der Waals surface area (Å²) in [6.45, 7) is 2.53. The van der Waals surface area contributed by atoms with E-state index in [0.29, 0.717) is 6.54 Å². The lowest BCUT2D eigenvalue weighted by atomic mass is 10.0. The molecule has 1 aliphatic heterocycles. The number of carbonyl (C=O) groups excluding carboxylic acids is 1. The van der Waals surface area contributed by atoms with Crippen LogP contribution in [0.5, 0.6) is 0 Å². The summed E-state index contributed by atoms with van der Waals surface area (Å²) in [5.41, 5.74) is 0.904. The molecule has 1 heterocycles. The van der Waals surface area contributed by atoms with Crippen LogP contribution in [-0.4, -0.2) is 25.3 Å². The van der Waals surface area contributed by atoms with Gasteiger partial charge < -0.3 is 10.6 Å². The number of amides is 1. The standard InChI is InChI=1S/C14H19FN2OS.ClH/c1-9(8-16-2)14(18)17-12-5-6-19-13-4-3-10(15)7-11(12)13;/h3-4,7,9,12,16H,5-6,8H2,1-2H3,(H,17,18);1H. The molecule has 0 aliphatic carbocycles. The van der Waals surface area contributed by atoms with E-state index in [1.54, 1.807) is 17.8 Å². The van der Waals surface area contributed by atoms with Gasteiger partial charge in [-0.15, -0.1) is 24.2 Å². The third kappa shape index (κ3) is 4.11. The van der Waals surface area contributed by atoms with Crippen molar-refractivity contribution in [2.45, 2.75) is 24.3 Å². The Bertz CT molecular complexity index is 472. The monoisotopic (exact) mass is 318 g/mol. The van der Waals surface area contributed by atoms with Crippen molar-refractivity contribution in [2.24, 2.45) is 5.92 Å². The fourth-order valence-electron chi connectivity index (χ4n) is 2.23. The Morgan fingerprint density at radius 1 is 1.55 bits per heavy atom. The fourth-order valence-corrected chi connectivity index (χ4v) is 3.33. The Morgan fingerprint density at radius 3 is 3.00 bits per heavy atom. The molecule has 1 aliphatic rings. The Balaban J connectivity index is 0.00000200. The molecule has 1 aromatic carbocycles. The van der Waals surface area contributed by atoms with Crippen LogP contribution in [0.25, 0.3) is 0 Å². The van der Waals surface area contributed by atoms with E-state index < -0.39 is 0 Å². The molecule has 0 fully saturated rings. The Kier molecular flexibility index (Phi) is 6.79. The van der Waals surface area contributed by atoms with Crippen LogP contribution < -0.4 is 10.6 Å². The van der Waals surface area contributed by atoms with Gasteiger partial charge >= 0.3 is 0 Å². The summed E-state index contributed by atoms with van der Waals surface area (Å²) >= 11 is 1.72. The highest BCUT2D eigenvalue weighted by Gasteiger charge is 2.24. The van der Waals surface area contributed by atoms with Crippen molar-refractivity contribution in [1.29, 1.82) is 0 Å². The molecule has 0 radical (unpaired) electrons. The second-order valence-electron chi connectivity index (χ2n) is 4.84. The minimum absolute atomic E-state index is 0. The van der Waals surface area contributed by atoms with Crippen LogP contribution >= 0.6 is 24.2 Å². The number of nitrogens with one attached hydrogen (secondary N) is 2. The van der Waals surface area contributed by atoms with Crippen LogP contribution in [0, 0.1) is 11.7 Å². The lowest BCUT2D eigenvalue weighted by Gasteiger charge is -2.27. The molecule has 2 rings (SSSR count). The fraction of sp³-hybridized carbons (Fsp3) is 0.500. The molecule has 0 aromatic heterocycles. The maximum atomic E-state index is 13.4. The Labute approximate surface area is 129 Å². The van der Waals surface area contributed by atoms with Gasteiger partial charge in [-0.05, 0) is 37.2 Å². The summed E-state index contributed by atoms with van der Waals surface area (Å²) in [5, 5.41) is 6.02. The van der Waals surface area contributed by atoms with Crippen LogP contribution in [0.3, 0.4) is 0 Å². The Morgan fingerprint density at radius 2 is 2.30 bits per heavy atom. The first-order valence-electron chi connectivity index (χ1n) is 6.49. The van der Waals surface area contributed by atoms with Crippen molar-refractivity contribution < 1.29 is 9.18 Å². The van der Waals surface area contributed by atoms with E-state index >= 15 is 0 Å². The van der Waals surface area contributed by atoms with Gasteiger partial charge in [-0.1, -0.05) is 6.92 Å². The van der Waals surface area contributed by atoms with Crippen molar-refractivity contribution in [2.75, 3.05) is 19.3 Å². The van der Waals surface area contributed by atoms with Crippen molar-refractivity contribution in [3.63, 3.8) is 0 Å². The lowest BCUT2D eigenvalue weighted by Crippen LogP contribution is -2.37. The Hall–Kier alpha value is -0.780.